The second-order valence-corrected chi connectivity index (χ2v) is 5.96. The molecule has 0 radical (unpaired) electrons. The molecule has 0 aliphatic rings. The minimum Gasteiger partial charge on any atom is -0.423 e. The lowest BCUT2D eigenvalue weighted by atomic mass is 10.1. The zero-order valence-corrected chi connectivity index (χ0v) is 13.4. The molecule has 2 heterocycles. The quantitative estimate of drug-likeness (QED) is 0.581. The van der Waals surface area contributed by atoms with E-state index in [2.05, 4.69) is 15.5 Å². The van der Waals surface area contributed by atoms with Crippen LogP contribution in [0.4, 0.5) is 5.69 Å². The van der Waals surface area contributed by atoms with Crippen molar-refractivity contribution in [1.82, 2.24) is 14.8 Å². The Morgan fingerprint density at radius 1 is 1.39 bits per heavy atom. The molecule has 0 saturated carbocycles. The number of nitrogens with zero attached hydrogens (tertiary/aromatic N) is 3. The van der Waals surface area contributed by atoms with Crippen molar-refractivity contribution in [2.45, 2.75) is 12.1 Å². The number of thioether (sulfide) groups is 1. The van der Waals surface area contributed by atoms with Crippen molar-refractivity contribution in [3.05, 3.63) is 46.6 Å². The molecule has 7 nitrogen and oxygen atoms in total. The summed E-state index contributed by atoms with van der Waals surface area (Å²) >= 11 is 1.29. The van der Waals surface area contributed by atoms with E-state index in [0.29, 0.717) is 16.4 Å². The van der Waals surface area contributed by atoms with Gasteiger partial charge in [0.25, 0.3) is 0 Å². The van der Waals surface area contributed by atoms with E-state index >= 15 is 0 Å². The molecule has 3 rings (SSSR count). The van der Waals surface area contributed by atoms with Crippen LogP contribution in [0.15, 0.2) is 45.0 Å². The summed E-state index contributed by atoms with van der Waals surface area (Å²) in [5.74, 6) is 0.0369. The first kappa shape index (κ1) is 15.3. The summed E-state index contributed by atoms with van der Waals surface area (Å²) < 4.78 is 6.91. The lowest BCUT2D eigenvalue weighted by Crippen LogP contribution is -2.14. The average Bonchev–Trinajstić information content (AvgIpc) is 2.90. The maximum absolute atomic E-state index is 12.0. The number of aromatic nitrogens is 3. The number of amides is 1. The standard InChI is InChI=1S/C15H14N4O3S/c1-9-5-14(21)22-12-6-10(3-4-11(9)12)17-13(20)7-23-15-18-16-8-19(15)2/h3-6,8H,7H2,1-2H3,(H,17,20). The van der Waals surface area contributed by atoms with Crippen molar-refractivity contribution < 1.29 is 9.21 Å². The Labute approximate surface area is 135 Å². The van der Waals surface area contributed by atoms with Crippen LogP contribution in [0, 0.1) is 6.92 Å². The number of fused-ring (bicyclic) bond motifs is 1. The van der Waals surface area contributed by atoms with Crippen molar-refractivity contribution in [1.29, 1.82) is 0 Å². The molecule has 0 aliphatic heterocycles. The molecule has 0 atom stereocenters. The molecule has 3 aromatic rings. The SMILES string of the molecule is Cc1cc(=O)oc2cc(NC(=O)CSc3nncn3C)ccc12. The topological polar surface area (TPSA) is 90.0 Å². The van der Waals surface area contributed by atoms with Crippen LogP contribution in [0.5, 0.6) is 0 Å². The summed E-state index contributed by atoms with van der Waals surface area (Å²) in [6, 6.07) is 6.69. The highest BCUT2D eigenvalue weighted by atomic mass is 32.2. The van der Waals surface area contributed by atoms with Crippen LogP contribution in [0.2, 0.25) is 0 Å². The fraction of sp³-hybridized carbons (Fsp3) is 0.200. The molecule has 1 N–H and O–H groups in total. The van der Waals surface area contributed by atoms with Gasteiger partial charge in [-0.05, 0) is 24.6 Å². The zero-order chi connectivity index (χ0) is 16.4. The smallest absolute Gasteiger partial charge is 0.336 e. The molecular formula is C15H14N4O3S. The Bertz CT molecular complexity index is 932. The fourth-order valence-corrected chi connectivity index (χ4v) is 2.82. The van der Waals surface area contributed by atoms with Gasteiger partial charge in [-0.3, -0.25) is 4.79 Å². The fourth-order valence-electron chi connectivity index (χ4n) is 2.13. The first-order chi connectivity index (χ1) is 11.0. The van der Waals surface area contributed by atoms with Gasteiger partial charge < -0.3 is 14.3 Å². The van der Waals surface area contributed by atoms with Crippen molar-refractivity contribution in [3.8, 4) is 0 Å². The summed E-state index contributed by atoms with van der Waals surface area (Å²) in [6.45, 7) is 1.84. The van der Waals surface area contributed by atoms with Crippen LogP contribution in [-0.4, -0.2) is 26.4 Å². The number of benzene rings is 1. The van der Waals surface area contributed by atoms with Gasteiger partial charge >= 0.3 is 5.63 Å². The minimum atomic E-state index is -0.406. The average molecular weight is 330 g/mol. The van der Waals surface area contributed by atoms with Gasteiger partial charge in [0.1, 0.15) is 11.9 Å². The van der Waals surface area contributed by atoms with Gasteiger partial charge in [0.05, 0.1) is 5.75 Å². The maximum Gasteiger partial charge on any atom is 0.336 e. The number of carbonyl (C=O) groups excluding carboxylic acids is 1. The Balaban J connectivity index is 1.72. The molecule has 0 unspecified atom stereocenters. The molecule has 1 amide bonds. The second-order valence-electron chi connectivity index (χ2n) is 5.02. The van der Waals surface area contributed by atoms with Crippen LogP contribution in [0.25, 0.3) is 11.0 Å². The second kappa shape index (κ2) is 6.25. The normalized spacial score (nSPS) is 10.9. The predicted molar refractivity (Wildman–Crippen MR) is 87.6 cm³/mol. The number of carbonyl (C=O) groups is 1. The molecule has 118 valence electrons. The Morgan fingerprint density at radius 3 is 2.96 bits per heavy atom. The van der Waals surface area contributed by atoms with Gasteiger partial charge in [-0.1, -0.05) is 11.8 Å². The highest BCUT2D eigenvalue weighted by Crippen LogP contribution is 2.21. The van der Waals surface area contributed by atoms with Gasteiger partial charge in [0, 0.05) is 30.3 Å². The summed E-state index contributed by atoms with van der Waals surface area (Å²) in [6.07, 6.45) is 1.58. The van der Waals surface area contributed by atoms with Crippen molar-refractivity contribution in [2.75, 3.05) is 11.1 Å². The van der Waals surface area contributed by atoms with Crippen LogP contribution >= 0.6 is 11.8 Å². The molecular weight excluding hydrogens is 316 g/mol. The van der Waals surface area contributed by atoms with E-state index in [4.69, 9.17) is 4.42 Å². The van der Waals surface area contributed by atoms with Gasteiger partial charge in [-0.2, -0.15) is 0 Å². The number of hydrogen-bond acceptors (Lipinski definition) is 6. The zero-order valence-electron chi connectivity index (χ0n) is 12.6. The number of anilines is 1. The van der Waals surface area contributed by atoms with Gasteiger partial charge in [-0.25, -0.2) is 4.79 Å². The minimum absolute atomic E-state index is 0.174. The Hall–Kier alpha value is -2.61. The molecule has 8 heteroatoms. The molecule has 1 aromatic carbocycles. The Kier molecular flexibility index (Phi) is 4.16. The molecule has 0 spiro atoms. The largest absolute Gasteiger partial charge is 0.423 e. The molecule has 2 aromatic heterocycles. The van der Waals surface area contributed by atoms with E-state index in [9.17, 15) is 9.59 Å². The highest BCUT2D eigenvalue weighted by molar-refractivity contribution is 7.99. The number of aryl methyl sites for hydroxylation is 2. The maximum atomic E-state index is 12.0. The third kappa shape index (κ3) is 3.42. The molecule has 0 bridgehead atoms. The third-order valence-corrected chi connectivity index (χ3v) is 4.27. The predicted octanol–water partition coefficient (Wildman–Crippen LogP) is 1.96. The summed E-state index contributed by atoms with van der Waals surface area (Å²) in [7, 11) is 1.81. The summed E-state index contributed by atoms with van der Waals surface area (Å²) in [5, 5.41) is 11.9. The summed E-state index contributed by atoms with van der Waals surface area (Å²) in [5.41, 5.74) is 1.46. The van der Waals surface area contributed by atoms with E-state index in [-0.39, 0.29) is 11.7 Å². The lowest BCUT2D eigenvalue weighted by Gasteiger charge is -2.06. The molecule has 0 aliphatic carbocycles. The number of nitrogens with one attached hydrogen (secondary N) is 1. The van der Waals surface area contributed by atoms with Gasteiger partial charge in [0.2, 0.25) is 5.91 Å². The number of hydrogen-bond donors (Lipinski definition) is 1. The first-order valence-electron chi connectivity index (χ1n) is 6.84. The van der Waals surface area contributed by atoms with E-state index < -0.39 is 5.63 Å². The third-order valence-electron chi connectivity index (χ3n) is 3.24. The van der Waals surface area contributed by atoms with Gasteiger partial charge in [0.15, 0.2) is 5.16 Å². The molecule has 0 fully saturated rings. The summed E-state index contributed by atoms with van der Waals surface area (Å²) in [4.78, 5) is 23.4. The lowest BCUT2D eigenvalue weighted by molar-refractivity contribution is -0.113. The number of rotatable bonds is 4. The van der Waals surface area contributed by atoms with Crippen molar-refractivity contribution in [3.63, 3.8) is 0 Å². The Morgan fingerprint density at radius 2 is 2.22 bits per heavy atom. The van der Waals surface area contributed by atoms with Crippen molar-refractivity contribution in [2.24, 2.45) is 7.05 Å². The van der Waals surface area contributed by atoms with Crippen LogP contribution in [0.3, 0.4) is 0 Å². The van der Waals surface area contributed by atoms with E-state index in [1.807, 2.05) is 20.0 Å². The molecule has 0 saturated heterocycles. The molecule has 23 heavy (non-hydrogen) atoms. The van der Waals surface area contributed by atoms with Gasteiger partial charge in [-0.15, -0.1) is 10.2 Å². The first-order valence-corrected chi connectivity index (χ1v) is 7.82. The highest BCUT2D eigenvalue weighted by Gasteiger charge is 2.09. The van der Waals surface area contributed by atoms with E-state index in [1.54, 1.807) is 23.0 Å². The monoisotopic (exact) mass is 330 g/mol. The van der Waals surface area contributed by atoms with Crippen LogP contribution in [0.1, 0.15) is 5.56 Å². The van der Waals surface area contributed by atoms with E-state index in [1.165, 1.54) is 17.8 Å². The van der Waals surface area contributed by atoms with E-state index in [0.717, 1.165) is 10.9 Å². The van der Waals surface area contributed by atoms with Crippen LogP contribution < -0.4 is 10.9 Å². The van der Waals surface area contributed by atoms with Crippen molar-refractivity contribution >= 4 is 34.3 Å². The van der Waals surface area contributed by atoms with Crippen LogP contribution in [-0.2, 0) is 11.8 Å².